The normalized spacial score (nSPS) is 12.1. The van der Waals surface area contributed by atoms with Crippen LogP contribution in [0, 0.1) is 0 Å². The van der Waals surface area contributed by atoms with Crippen LogP contribution in [-0.2, 0) is 0 Å². The maximum Gasteiger partial charge on any atom is 0.0641 e. The van der Waals surface area contributed by atoms with Crippen LogP contribution in [0.2, 0.25) is 0 Å². The van der Waals surface area contributed by atoms with E-state index in [2.05, 4.69) is 167 Å². The lowest BCUT2D eigenvalue weighted by molar-refractivity contribution is 1.31. The van der Waals surface area contributed by atoms with Crippen LogP contribution in [0.25, 0.3) is 70.4 Å². The molecule has 0 fully saturated rings. The summed E-state index contributed by atoms with van der Waals surface area (Å²) in [6, 6.07) is 57.9. The topological polar surface area (TPSA) is 7.65 Å². The summed E-state index contributed by atoms with van der Waals surface area (Å²) in [5.41, 5.74) is 7.24. The summed E-state index contributed by atoms with van der Waals surface area (Å²) in [4.78, 5) is 2.46. The molecule has 0 unspecified atom stereocenters. The number of fused-ring (bicyclic) bond motifs is 9. The first-order chi connectivity index (χ1) is 21.8. The molecule has 0 aliphatic heterocycles. The lowest BCUT2D eigenvalue weighted by atomic mass is 10.0. The highest BCUT2D eigenvalue weighted by molar-refractivity contribution is 6.28. The van der Waals surface area contributed by atoms with Gasteiger partial charge in [0.05, 0.1) is 22.2 Å². The van der Waals surface area contributed by atoms with Crippen molar-refractivity contribution in [1.82, 2.24) is 4.40 Å². The Labute approximate surface area is 253 Å². The zero-order valence-electron chi connectivity index (χ0n) is 23.9. The molecule has 0 spiro atoms. The molecule has 0 N–H and O–H groups in total. The monoisotopic (exact) mass is 558 g/mol. The Hall–Kier alpha value is -5.86. The van der Waals surface area contributed by atoms with Gasteiger partial charge in [0, 0.05) is 32.9 Å². The Kier molecular flexibility index (Phi) is 4.75. The molecule has 8 aromatic carbocycles. The van der Waals surface area contributed by atoms with Crippen LogP contribution >= 0.6 is 0 Å². The lowest BCUT2D eigenvalue weighted by Gasteiger charge is -2.27. The summed E-state index contributed by atoms with van der Waals surface area (Å²) >= 11 is 0. The van der Waals surface area contributed by atoms with Gasteiger partial charge in [0.15, 0.2) is 0 Å². The standard InChI is InChI=1S/C42H26N2/c1-3-11-29-23-33(19-17-27(29)9-1)43(34-20-18-28-10-2-4-12-30(28)24-34)39-22-21-36-35-15-7-8-16-38(35)44-40-26-32-14-6-5-13-31(32)25-37(40)41(39)42(36)44/h1-26H. The van der Waals surface area contributed by atoms with E-state index in [1.165, 1.54) is 76.1 Å². The average molecular weight is 559 g/mol. The number of anilines is 3. The van der Waals surface area contributed by atoms with Crippen molar-refractivity contribution < 1.29 is 0 Å². The van der Waals surface area contributed by atoms with Crippen LogP contribution in [0.15, 0.2) is 158 Å². The van der Waals surface area contributed by atoms with Crippen molar-refractivity contribution in [3.63, 3.8) is 0 Å². The smallest absolute Gasteiger partial charge is 0.0641 e. The van der Waals surface area contributed by atoms with Gasteiger partial charge >= 0.3 is 0 Å². The summed E-state index contributed by atoms with van der Waals surface area (Å²) in [5, 5.41) is 12.6. The van der Waals surface area contributed by atoms with Crippen molar-refractivity contribution in [3.8, 4) is 0 Å². The Morgan fingerprint density at radius 1 is 0.364 bits per heavy atom. The SMILES string of the molecule is c1ccc2cc(N(c3ccc4ccccc4c3)c3ccc4c5ccccc5n5c6cc7ccccc7cc6c3c45)ccc2c1. The second-order valence-electron chi connectivity index (χ2n) is 11.8. The van der Waals surface area contributed by atoms with Gasteiger partial charge in [-0.1, -0.05) is 109 Å². The van der Waals surface area contributed by atoms with Crippen molar-refractivity contribution in [3.05, 3.63) is 158 Å². The maximum atomic E-state index is 2.49. The summed E-state index contributed by atoms with van der Waals surface area (Å²) in [6.45, 7) is 0. The first-order valence-electron chi connectivity index (χ1n) is 15.2. The Bertz CT molecular complexity index is 2650. The number of hydrogen-bond acceptors (Lipinski definition) is 1. The molecule has 2 aromatic heterocycles. The van der Waals surface area contributed by atoms with Gasteiger partial charge in [-0.3, -0.25) is 0 Å². The van der Waals surface area contributed by atoms with Crippen LogP contribution in [0.5, 0.6) is 0 Å². The van der Waals surface area contributed by atoms with Crippen LogP contribution in [-0.4, -0.2) is 4.40 Å². The fraction of sp³-hybridized carbons (Fsp3) is 0. The van der Waals surface area contributed by atoms with E-state index < -0.39 is 0 Å². The molecule has 2 heterocycles. The van der Waals surface area contributed by atoms with Gasteiger partial charge in [0.1, 0.15) is 0 Å². The van der Waals surface area contributed by atoms with Crippen LogP contribution in [0.1, 0.15) is 0 Å². The van der Waals surface area contributed by atoms with Gasteiger partial charge in [-0.2, -0.15) is 0 Å². The van der Waals surface area contributed by atoms with E-state index in [0.29, 0.717) is 0 Å². The molecule has 2 heteroatoms. The molecule has 0 saturated heterocycles. The first-order valence-corrected chi connectivity index (χ1v) is 15.2. The van der Waals surface area contributed by atoms with E-state index in [1.807, 2.05) is 0 Å². The first kappa shape index (κ1) is 23.7. The second-order valence-corrected chi connectivity index (χ2v) is 11.8. The molecular formula is C42H26N2. The van der Waals surface area contributed by atoms with Gasteiger partial charge in [0.25, 0.3) is 0 Å². The quantitative estimate of drug-likeness (QED) is 0.209. The number of rotatable bonds is 3. The van der Waals surface area contributed by atoms with E-state index in [9.17, 15) is 0 Å². The van der Waals surface area contributed by atoms with Gasteiger partial charge in [-0.05, 0) is 80.8 Å². The van der Waals surface area contributed by atoms with Crippen molar-refractivity contribution in [2.24, 2.45) is 0 Å². The molecule has 0 aliphatic rings. The zero-order chi connectivity index (χ0) is 28.8. The van der Waals surface area contributed by atoms with Crippen LogP contribution in [0.4, 0.5) is 17.1 Å². The highest BCUT2D eigenvalue weighted by Crippen LogP contribution is 2.48. The van der Waals surface area contributed by atoms with Crippen molar-refractivity contribution in [2.45, 2.75) is 0 Å². The van der Waals surface area contributed by atoms with E-state index >= 15 is 0 Å². The average Bonchev–Trinajstić information content (AvgIpc) is 3.59. The molecule has 0 atom stereocenters. The molecule has 10 rings (SSSR count). The van der Waals surface area contributed by atoms with Gasteiger partial charge < -0.3 is 9.30 Å². The third kappa shape index (κ3) is 3.25. The lowest BCUT2D eigenvalue weighted by Crippen LogP contribution is -2.10. The Morgan fingerprint density at radius 3 is 1.57 bits per heavy atom. The molecule has 204 valence electrons. The van der Waals surface area contributed by atoms with E-state index in [1.54, 1.807) is 0 Å². The fourth-order valence-corrected chi connectivity index (χ4v) is 7.42. The van der Waals surface area contributed by atoms with E-state index in [-0.39, 0.29) is 0 Å². The summed E-state index contributed by atoms with van der Waals surface area (Å²) in [6.07, 6.45) is 0. The maximum absolute atomic E-state index is 2.49. The fourth-order valence-electron chi connectivity index (χ4n) is 7.42. The predicted octanol–water partition coefficient (Wildman–Crippen LogP) is 11.8. The zero-order valence-corrected chi connectivity index (χ0v) is 23.9. The summed E-state index contributed by atoms with van der Waals surface area (Å²) in [5.74, 6) is 0. The van der Waals surface area contributed by atoms with Crippen molar-refractivity contribution in [1.29, 1.82) is 0 Å². The number of nitrogens with zero attached hydrogens (tertiary/aromatic N) is 2. The van der Waals surface area contributed by atoms with Gasteiger partial charge in [0.2, 0.25) is 0 Å². The van der Waals surface area contributed by atoms with Gasteiger partial charge in [-0.25, -0.2) is 0 Å². The highest BCUT2D eigenvalue weighted by atomic mass is 15.1. The number of benzene rings is 8. The Balaban J connectivity index is 1.37. The summed E-state index contributed by atoms with van der Waals surface area (Å²) < 4.78 is 2.49. The molecule has 0 saturated carbocycles. The van der Waals surface area contributed by atoms with Crippen molar-refractivity contribution in [2.75, 3.05) is 4.90 Å². The molecule has 0 amide bonds. The second kappa shape index (κ2) is 8.82. The van der Waals surface area contributed by atoms with Crippen LogP contribution in [0.3, 0.4) is 0 Å². The molecular weight excluding hydrogens is 532 g/mol. The molecule has 44 heavy (non-hydrogen) atoms. The molecule has 0 aliphatic carbocycles. The predicted molar refractivity (Wildman–Crippen MR) is 188 cm³/mol. The van der Waals surface area contributed by atoms with Crippen molar-refractivity contribution >= 4 is 87.5 Å². The van der Waals surface area contributed by atoms with Gasteiger partial charge in [-0.15, -0.1) is 0 Å². The van der Waals surface area contributed by atoms with Crippen LogP contribution < -0.4 is 4.90 Å². The number of para-hydroxylation sites is 1. The third-order valence-corrected chi connectivity index (χ3v) is 9.41. The molecule has 0 bridgehead atoms. The molecule has 2 nitrogen and oxygen atoms in total. The largest absolute Gasteiger partial charge is 0.310 e. The van der Waals surface area contributed by atoms with E-state index in [4.69, 9.17) is 0 Å². The summed E-state index contributed by atoms with van der Waals surface area (Å²) in [7, 11) is 0. The molecule has 10 aromatic rings. The highest BCUT2D eigenvalue weighted by Gasteiger charge is 2.24. The Morgan fingerprint density at radius 2 is 0.909 bits per heavy atom. The minimum absolute atomic E-state index is 1.14. The van der Waals surface area contributed by atoms with E-state index in [0.717, 1.165) is 11.4 Å². The molecule has 0 radical (unpaired) electrons. The number of hydrogen-bond donors (Lipinski definition) is 0. The number of aromatic nitrogens is 1. The minimum atomic E-state index is 1.14. The third-order valence-electron chi connectivity index (χ3n) is 9.41. The minimum Gasteiger partial charge on any atom is -0.310 e.